The molecule has 3 aliphatic heterocycles. The zero-order valence-electron chi connectivity index (χ0n) is 29.6. The molecule has 7 aromatic rings. The van der Waals surface area contributed by atoms with Crippen LogP contribution in [-0.2, 0) is 10.8 Å². The summed E-state index contributed by atoms with van der Waals surface area (Å²) in [5, 5.41) is 0. The lowest BCUT2D eigenvalue weighted by atomic mass is 9.82. The van der Waals surface area contributed by atoms with E-state index >= 15 is 0 Å². The Labute approximate surface area is 316 Å². The summed E-state index contributed by atoms with van der Waals surface area (Å²) in [7, 11) is 0. The zero-order chi connectivity index (χ0) is 35.5. The van der Waals surface area contributed by atoms with Gasteiger partial charge in [0, 0.05) is 15.3 Å². The summed E-state index contributed by atoms with van der Waals surface area (Å²) in [6, 6.07) is 43.8. The Morgan fingerprint density at radius 2 is 0.755 bits per heavy atom. The highest BCUT2D eigenvalue weighted by Gasteiger charge is 2.44. The lowest BCUT2D eigenvalue weighted by Gasteiger charge is -2.42. The quantitative estimate of drug-likeness (QED) is 0.176. The van der Waals surface area contributed by atoms with E-state index in [0.29, 0.717) is 0 Å². The predicted octanol–water partition coefficient (Wildman–Crippen LogP) is 14.2. The van der Waals surface area contributed by atoms with Crippen molar-refractivity contribution in [2.24, 2.45) is 0 Å². The van der Waals surface area contributed by atoms with Gasteiger partial charge in [-0.1, -0.05) is 129 Å². The Morgan fingerprint density at radius 1 is 0.415 bits per heavy atom. The third-order valence-corrected chi connectivity index (χ3v) is 12.7. The number of benzene rings is 7. The molecular weight excluding hydrogens is 718 g/mol. The highest BCUT2D eigenvalue weighted by Crippen LogP contribution is 2.68. The van der Waals surface area contributed by atoms with Gasteiger partial charge in [-0.2, -0.15) is 0 Å². The van der Waals surface area contributed by atoms with Gasteiger partial charge in [-0.15, -0.1) is 0 Å². The SMILES string of the molecule is CC1(C)c2ccccc2-c2c(-c3cc4c5c(c3)Oc3cc(-c6cccc7c6-c6ccccc6C7(C)C)cc6c3N5c3c(cc(Br)cc3O6)O4)cccc21. The largest absolute Gasteiger partial charge is 0.453 e. The lowest BCUT2D eigenvalue weighted by Crippen LogP contribution is -2.24. The maximum atomic E-state index is 7.05. The van der Waals surface area contributed by atoms with Crippen LogP contribution in [0, 0.1) is 0 Å². The van der Waals surface area contributed by atoms with Crippen LogP contribution >= 0.6 is 15.9 Å². The Kier molecular flexibility index (Phi) is 5.50. The van der Waals surface area contributed by atoms with Crippen LogP contribution in [0.4, 0.5) is 17.1 Å². The number of ether oxygens (including phenoxy) is 3. The smallest absolute Gasteiger partial charge is 0.156 e. The van der Waals surface area contributed by atoms with Crippen LogP contribution < -0.4 is 19.1 Å². The highest BCUT2D eigenvalue weighted by molar-refractivity contribution is 9.10. The van der Waals surface area contributed by atoms with Crippen molar-refractivity contribution >= 4 is 33.0 Å². The van der Waals surface area contributed by atoms with Gasteiger partial charge in [0.05, 0.1) is 0 Å². The fourth-order valence-corrected chi connectivity index (χ4v) is 10.3. The molecule has 5 heteroatoms. The molecule has 0 fully saturated rings. The van der Waals surface area contributed by atoms with Gasteiger partial charge < -0.3 is 14.2 Å². The van der Waals surface area contributed by atoms with Crippen molar-refractivity contribution in [3.8, 4) is 79.0 Å². The Hall–Kier alpha value is -5.78. The summed E-state index contributed by atoms with van der Waals surface area (Å²) in [4.78, 5) is 2.29. The molecule has 5 aliphatic rings. The van der Waals surface area contributed by atoms with E-state index in [4.69, 9.17) is 14.2 Å². The summed E-state index contributed by atoms with van der Waals surface area (Å²) in [6.07, 6.45) is 0. The average molecular weight is 751 g/mol. The Balaban J connectivity index is 1.09. The molecule has 2 aliphatic carbocycles. The average Bonchev–Trinajstić information content (AvgIpc) is 3.54. The number of hydrogen-bond acceptors (Lipinski definition) is 4. The van der Waals surface area contributed by atoms with E-state index in [1.165, 1.54) is 44.5 Å². The van der Waals surface area contributed by atoms with Crippen LogP contribution in [0.15, 0.2) is 126 Å². The van der Waals surface area contributed by atoms with Gasteiger partial charge in [0.25, 0.3) is 0 Å². The van der Waals surface area contributed by atoms with Crippen molar-refractivity contribution in [2.75, 3.05) is 4.90 Å². The van der Waals surface area contributed by atoms with Crippen LogP contribution in [0.1, 0.15) is 49.9 Å². The van der Waals surface area contributed by atoms with Gasteiger partial charge in [0.15, 0.2) is 34.5 Å². The van der Waals surface area contributed by atoms with Crippen molar-refractivity contribution in [1.29, 1.82) is 0 Å². The second kappa shape index (κ2) is 9.80. The van der Waals surface area contributed by atoms with Gasteiger partial charge in [-0.05, 0) is 103 Å². The van der Waals surface area contributed by atoms with Crippen LogP contribution in [0.5, 0.6) is 34.5 Å². The summed E-state index contributed by atoms with van der Waals surface area (Å²) in [5.74, 6) is 4.47. The first-order chi connectivity index (χ1) is 25.7. The fraction of sp³-hybridized carbons (Fsp3) is 0.125. The van der Waals surface area contributed by atoms with Gasteiger partial charge in [0.2, 0.25) is 0 Å². The Morgan fingerprint density at radius 3 is 1.17 bits per heavy atom. The van der Waals surface area contributed by atoms with E-state index in [-0.39, 0.29) is 10.8 Å². The van der Waals surface area contributed by atoms with E-state index in [1.54, 1.807) is 0 Å². The van der Waals surface area contributed by atoms with Gasteiger partial charge >= 0.3 is 0 Å². The summed E-state index contributed by atoms with van der Waals surface area (Å²) in [5.41, 5.74) is 17.3. The lowest BCUT2D eigenvalue weighted by molar-refractivity contribution is 0.418. The normalized spacial score (nSPS) is 16.0. The maximum absolute atomic E-state index is 7.05. The molecule has 0 radical (unpaired) electrons. The number of anilines is 3. The molecule has 0 atom stereocenters. The van der Waals surface area contributed by atoms with Crippen LogP contribution in [-0.4, -0.2) is 0 Å². The molecule has 0 spiro atoms. The third-order valence-electron chi connectivity index (χ3n) is 12.3. The number of hydrogen-bond donors (Lipinski definition) is 0. The number of fused-ring (bicyclic) bond motifs is 6. The minimum Gasteiger partial charge on any atom is -0.453 e. The molecule has 0 bridgehead atoms. The minimum absolute atomic E-state index is 0.105. The number of nitrogens with zero attached hydrogens (tertiary/aromatic N) is 1. The van der Waals surface area contributed by atoms with E-state index in [0.717, 1.165) is 78.3 Å². The van der Waals surface area contributed by atoms with E-state index < -0.39 is 0 Å². The molecule has 254 valence electrons. The standard InChI is InChI=1S/C48H32BrNO3/c1-47(2)32-15-7-5-11-30(32)42-28(13-9-17-34(42)47)25-19-36-44-38(21-25)52-40-23-27(49)24-41-46(40)50(44)45-37(51-36)20-26(22-39(45)53-41)29-14-10-18-35-43(29)31-12-6-8-16-33(31)48(35,3)4/h5-24H,1-4H3. The number of halogens is 1. The van der Waals surface area contributed by atoms with Crippen LogP contribution in [0.25, 0.3) is 44.5 Å². The molecule has 53 heavy (non-hydrogen) atoms. The van der Waals surface area contributed by atoms with Gasteiger partial charge in [-0.3, -0.25) is 4.90 Å². The summed E-state index contributed by atoms with van der Waals surface area (Å²) in [6.45, 7) is 9.29. The third kappa shape index (κ3) is 3.70. The summed E-state index contributed by atoms with van der Waals surface area (Å²) < 4.78 is 21.5. The molecule has 12 rings (SSSR count). The topological polar surface area (TPSA) is 30.9 Å². The fourth-order valence-electron chi connectivity index (χ4n) is 9.83. The van der Waals surface area contributed by atoms with Crippen molar-refractivity contribution in [3.05, 3.63) is 148 Å². The van der Waals surface area contributed by atoms with Gasteiger partial charge in [0.1, 0.15) is 17.1 Å². The van der Waals surface area contributed by atoms with Crippen LogP contribution in [0.2, 0.25) is 0 Å². The number of rotatable bonds is 2. The Bertz CT molecular complexity index is 2660. The highest BCUT2D eigenvalue weighted by atomic mass is 79.9. The molecule has 0 N–H and O–H groups in total. The van der Waals surface area contributed by atoms with Crippen molar-refractivity contribution in [3.63, 3.8) is 0 Å². The van der Waals surface area contributed by atoms with Crippen molar-refractivity contribution < 1.29 is 14.2 Å². The first kappa shape index (κ1) is 29.8. The first-order valence-corrected chi connectivity index (χ1v) is 19.0. The van der Waals surface area contributed by atoms with Crippen LogP contribution in [0.3, 0.4) is 0 Å². The molecule has 0 saturated heterocycles. The van der Waals surface area contributed by atoms with Crippen molar-refractivity contribution in [2.45, 2.75) is 38.5 Å². The first-order valence-electron chi connectivity index (χ1n) is 18.2. The second-order valence-corrected chi connectivity index (χ2v) is 16.7. The molecule has 7 aromatic carbocycles. The summed E-state index contributed by atoms with van der Waals surface area (Å²) >= 11 is 3.75. The van der Waals surface area contributed by atoms with Crippen molar-refractivity contribution in [1.82, 2.24) is 0 Å². The van der Waals surface area contributed by atoms with E-state index in [9.17, 15) is 0 Å². The monoisotopic (exact) mass is 749 g/mol. The molecule has 0 amide bonds. The molecule has 3 heterocycles. The van der Waals surface area contributed by atoms with E-state index in [2.05, 4.69) is 158 Å². The maximum Gasteiger partial charge on any atom is 0.156 e. The zero-order valence-corrected chi connectivity index (χ0v) is 31.2. The molecule has 0 unspecified atom stereocenters. The molecule has 0 saturated carbocycles. The predicted molar refractivity (Wildman–Crippen MR) is 215 cm³/mol. The minimum atomic E-state index is -0.105. The molecular formula is C48H32BrNO3. The van der Waals surface area contributed by atoms with Gasteiger partial charge in [-0.25, -0.2) is 0 Å². The molecule has 4 nitrogen and oxygen atoms in total. The molecule has 0 aromatic heterocycles. The van der Waals surface area contributed by atoms with E-state index in [1.807, 2.05) is 12.1 Å². The second-order valence-electron chi connectivity index (χ2n) is 15.8.